The standard InChI is InChI=1S/C16H22N4O4/c1-9-3-2-6-20(15-13(9)14(17)18-8-19-15)16-11(21)7-10(24-16)4-5-12(22)23/h2,6,8-11,16,21H,3-5,7H2,1H3,(H,22,23)(H2,17,18,19). The normalized spacial score (nSPS) is 29.3. The monoisotopic (exact) mass is 334 g/mol. The van der Waals surface area contributed by atoms with Crippen molar-refractivity contribution in [1.82, 2.24) is 9.97 Å². The minimum Gasteiger partial charge on any atom is -0.481 e. The number of nitrogen functional groups attached to an aromatic ring is 1. The Bertz CT molecular complexity index is 651. The van der Waals surface area contributed by atoms with Gasteiger partial charge in [-0.15, -0.1) is 0 Å². The molecular formula is C16H22N4O4. The van der Waals surface area contributed by atoms with Gasteiger partial charge < -0.3 is 25.6 Å². The Labute approximate surface area is 140 Å². The molecule has 0 aliphatic carbocycles. The Hall–Kier alpha value is -2.19. The number of ether oxygens (including phenoxy) is 1. The van der Waals surface area contributed by atoms with Crippen molar-refractivity contribution in [2.75, 3.05) is 10.6 Å². The van der Waals surface area contributed by atoms with Gasteiger partial charge in [0.1, 0.15) is 24.1 Å². The van der Waals surface area contributed by atoms with Gasteiger partial charge in [-0.05, 0) is 18.8 Å². The molecule has 2 aliphatic rings. The summed E-state index contributed by atoms with van der Waals surface area (Å²) in [7, 11) is 0. The molecule has 3 heterocycles. The fourth-order valence-corrected chi connectivity index (χ4v) is 3.30. The summed E-state index contributed by atoms with van der Waals surface area (Å²) < 4.78 is 5.91. The van der Waals surface area contributed by atoms with E-state index in [1.54, 1.807) is 4.90 Å². The summed E-state index contributed by atoms with van der Waals surface area (Å²) in [6.45, 7) is 2.05. The molecule has 0 spiro atoms. The first-order chi connectivity index (χ1) is 11.5. The molecule has 130 valence electrons. The number of anilines is 2. The van der Waals surface area contributed by atoms with Gasteiger partial charge in [-0.3, -0.25) is 4.79 Å². The van der Waals surface area contributed by atoms with E-state index in [9.17, 15) is 9.90 Å². The van der Waals surface area contributed by atoms with E-state index in [0.29, 0.717) is 24.5 Å². The Balaban J connectivity index is 1.85. The summed E-state index contributed by atoms with van der Waals surface area (Å²) in [6.07, 6.45) is 5.17. The fraction of sp³-hybridized carbons (Fsp3) is 0.562. The van der Waals surface area contributed by atoms with E-state index in [2.05, 4.69) is 9.97 Å². The average molecular weight is 334 g/mol. The molecule has 0 aromatic carbocycles. The van der Waals surface area contributed by atoms with Gasteiger partial charge in [0.15, 0.2) is 6.23 Å². The third kappa shape index (κ3) is 3.20. The highest BCUT2D eigenvalue weighted by molar-refractivity contribution is 5.66. The Morgan fingerprint density at radius 2 is 2.29 bits per heavy atom. The summed E-state index contributed by atoms with van der Waals surface area (Å²) in [5.41, 5.74) is 6.87. The van der Waals surface area contributed by atoms with E-state index >= 15 is 0 Å². The summed E-state index contributed by atoms with van der Waals surface area (Å²) in [4.78, 5) is 20.9. The molecule has 0 bridgehead atoms. The number of aliphatic carboxylic acids is 1. The lowest BCUT2D eigenvalue weighted by Crippen LogP contribution is -2.39. The number of carboxylic acids is 1. The molecule has 2 aliphatic heterocycles. The van der Waals surface area contributed by atoms with Gasteiger partial charge in [0.25, 0.3) is 0 Å². The number of aromatic nitrogens is 2. The number of hydrogen-bond acceptors (Lipinski definition) is 7. The van der Waals surface area contributed by atoms with E-state index in [-0.39, 0.29) is 18.4 Å². The van der Waals surface area contributed by atoms with Crippen LogP contribution >= 0.6 is 0 Å². The molecular weight excluding hydrogens is 312 g/mol. The molecule has 8 nitrogen and oxygen atoms in total. The molecule has 0 saturated carbocycles. The van der Waals surface area contributed by atoms with Crippen molar-refractivity contribution in [2.45, 2.75) is 57.0 Å². The van der Waals surface area contributed by atoms with Crippen molar-refractivity contribution >= 4 is 17.6 Å². The molecule has 4 unspecified atom stereocenters. The van der Waals surface area contributed by atoms with Crippen LogP contribution in [0.25, 0.3) is 0 Å². The lowest BCUT2D eigenvalue weighted by Gasteiger charge is -2.29. The summed E-state index contributed by atoms with van der Waals surface area (Å²) in [5, 5.41) is 19.2. The molecule has 4 atom stereocenters. The van der Waals surface area contributed by atoms with E-state index in [1.807, 2.05) is 19.2 Å². The molecule has 1 aromatic rings. The second-order valence-electron chi connectivity index (χ2n) is 6.31. The van der Waals surface area contributed by atoms with Crippen LogP contribution in [0.2, 0.25) is 0 Å². The zero-order valence-corrected chi connectivity index (χ0v) is 13.5. The maximum atomic E-state index is 10.7. The summed E-state index contributed by atoms with van der Waals surface area (Å²) >= 11 is 0. The van der Waals surface area contributed by atoms with E-state index in [0.717, 1.165) is 12.0 Å². The van der Waals surface area contributed by atoms with Crippen LogP contribution in [0.1, 0.15) is 44.1 Å². The largest absolute Gasteiger partial charge is 0.481 e. The van der Waals surface area contributed by atoms with Crippen LogP contribution in [-0.4, -0.2) is 44.6 Å². The van der Waals surface area contributed by atoms with Crippen LogP contribution < -0.4 is 10.6 Å². The number of nitrogens with two attached hydrogens (primary N) is 1. The van der Waals surface area contributed by atoms with Crippen LogP contribution in [0.4, 0.5) is 11.6 Å². The number of carboxylic acid groups (broad SMARTS) is 1. The Morgan fingerprint density at radius 1 is 1.50 bits per heavy atom. The van der Waals surface area contributed by atoms with Gasteiger partial charge in [-0.1, -0.05) is 13.0 Å². The minimum atomic E-state index is -0.870. The third-order valence-electron chi connectivity index (χ3n) is 4.51. The average Bonchev–Trinajstić information content (AvgIpc) is 2.80. The van der Waals surface area contributed by atoms with E-state index in [4.69, 9.17) is 15.6 Å². The van der Waals surface area contributed by atoms with Gasteiger partial charge in [0.05, 0.1) is 6.10 Å². The lowest BCUT2D eigenvalue weighted by molar-refractivity contribution is -0.137. The number of carbonyl (C=O) groups is 1. The zero-order chi connectivity index (χ0) is 17.3. The summed E-state index contributed by atoms with van der Waals surface area (Å²) in [5.74, 6) is 0.345. The fourth-order valence-electron chi connectivity index (χ4n) is 3.30. The maximum Gasteiger partial charge on any atom is 0.303 e. The smallest absolute Gasteiger partial charge is 0.303 e. The first-order valence-electron chi connectivity index (χ1n) is 8.08. The highest BCUT2D eigenvalue weighted by Gasteiger charge is 2.39. The first kappa shape index (κ1) is 16.7. The second-order valence-corrected chi connectivity index (χ2v) is 6.31. The first-order valence-corrected chi connectivity index (χ1v) is 8.08. The number of fused-ring (bicyclic) bond motifs is 1. The molecule has 24 heavy (non-hydrogen) atoms. The van der Waals surface area contributed by atoms with Gasteiger partial charge in [-0.25, -0.2) is 9.97 Å². The number of aliphatic hydroxyl groups excluding tert-OH is 1. The minimum absolute atomic E-state index is 0.0166. The number of allylic oxidation sites excluding steroid dienone is 1. The van der Waals surface area contributed by atoms with Crippen LogP contribution in [-0.2, 0) is 9.53 Å². The molecule has 0 amide bonds. The molecule has 1 saturated heterocycles. The number of aliphatic hydroxyl groups is 1. The third-order valence-corrected chi connectivity index (χ3v) is 4.51. The van der Waals surface area contributed by atoms with Crippen molar-refractivity contribution in [3.63, 3.8) is 0 Å². The summed E-state index contributed by atoms with van der Waals surface area (Å²) in [6, 6.07) is 0. The highest BCUT2D eigenvalue weighted by atomic mass is 16.5. The molecule has 3 rings (SSSR count). The van der Waals surface area contributed by atoms with Crippen molar-refractivity contribution in [3.8, 4) is 0 Å². The quantitative estimate of drug-likeness (QED) is 0.751. The van der Waals surface area contributed by atoms with Crippen LogP contribution in [0.15, 0.2) is 18.6 Å². The van der Waals surface area contributed by atoms with Gasteiger partial charge >= 0.3 is 5.97 Å². The maximum absolute atomic E-state index is 10.7. The van der Waals surface area contributed by atoms with Gasteiger partial charge in [0.2, 0.25) is 0 Å². The molecule has 1 aromatic heterocycles. The Kier molecular flexibility index (Phi) is 4.68. The number of rotatable bonds is 4. The SMILES string of the molecule is CC1CC=CN(C2OC(CCC(=O)O)CC2O)c2ncnc(N)c21. The van der Waals surface area contributed by atoms with Crippen molar-refractivity contribution in [3.05, 3.63) is 24.2 Å². The van der Waals surface area contributed by atoms with Crippen LogP contribution in [0.5, 0.6) is 0 Å². The van der Waals surface area contributed by atoms with Crippen molar-refractivity contribution < 1.29 is 19.7 Å². The van der Waals surface area contributed by atoms with Crippen LogP contribution in [0, 0.1) is 0 Å². The van der Waals surface area contributed by atoms with Crippen molar-refractivity contribution in [1.29, 1.82) is 0 Å². The highest BCUT2D eigenvalue weighted by Crippen LogP contribution is 2.38. The molecule has 4 N–H and O–H groups in total. The van der Waals surface area contributed by atoms with Crippen molar-refractivity contribution in [2.24, 2.45) is 0 Å². The topological polar surface area (TPSA) is 122 Å². The Morgan fingerprint density at radius 3 is 3.04 bits per heavy atom. The van der Waals surface area contributed by atoms with Gasteiger partial charge in [-0.2, -0.15) is 0 Å². The molecule has 8 heteroatoms. The lowest BCUT2D eigenvalue weighted by atomic mass is 9.99. The molecule has 1 fully saturated rings. The van der Waals surface area contributed by atoms with Crippen LogP contribution in [0.3, 0.4) is 0 Å². The number of hydrogen-bond donors (Lipinski definition) is 3. The van der Waals surface area contributed by atoms with E-state index < -0.39 is 18.3 Å². The molecule has 0 radical (unpaired) electrons. The number of nitrogens with zero attached hydrogens (tertiary/aromatic N) is 3. The zero-order valence-electron chi connectivity index (χ0n) is 13.5. The predicted octanol–water partition coefficient (Wildman–Crippen LogP) is 1.23. The van der Waals surface area contributed by atoms with E-state index in [1.165, 1.54) is 6.33 Å². The second kappa shape index (κ2) is 6.74. The predicted molar refractivity (Wildman–Crippen MR) is 87.3 cm³/mol. The van der Waals surface area contributed by atoms with Gasteiger partial charge in [0, 0.05) is 24.6 Å².